The fourth-order valence-corrected chi connectivity index (χ4v) is 7.92. The van der Waals surface area contributed by atoms with Crippen LogP contribution in [0.4, 0.5) is 0 Å². The summed E-state index contributed by atoms with van der Waals surface area (Å²) >= 11 is 0. The number of amides is 1. The minimum Gasteiger partial charge on any atom is -0.480 e. The molecule has 0 radical (unpaired) electrons. The molecule has 18 N–H and O–H groups in total. The van der Waals surface area contributed by atoms with Crippen molar-refractivity contribution in [2.24, 2.45) is 5.73 Å². The van der Waals surface area contributed by atoms with E-state index in [1.54, 1.807) is 30.3 Å². The van der Waals surface area contributed by atoms with Crippen molar-refractivity contribution in [1.29, 1.82) is 0 Å². The van der Waals surface area contributed by atoms with E-state index in [4.69, 9.17) is 48.5 Å². The third-order valence-corrected chi connectivity index (χ3v) is 11.7. The van der Waals surface area contributed by atoms with Crippen LogP contribution in [0.2, 0.25) is 0 Å². The third-order valence-electron chi connectivity index (χ3n) is 11.7. The lowest BCUT2D eigenvalue weighted by Crippen LogP contribution is -2.71. The summed E-state index contributed by atoms with van der Waals surface area (Å²) in [5.41, 5.74) is 8.93. The van der Waals surface area contributed by atoms with Crippen molar-refractivity contribution in [3.63, 3.8) is 0 Å². The lowest BCUT2D eigenvalue weighted by Gasteiger charge is -2.51. The van der Waals surface area contributed by atoms with Crippen LogP contribution in [0, 0.1) is 0 Å². The molecule has 4 aliphatic rings. The second kappa shape index (κ2) is 24.7. The Morgan fingerprint density at radius 3 is 1.97 bits per heavy atom. The first-order chi connectivity index (χ1) is 32.2. The van der Waals surface area contributed by atoms with Crippen LogP contribution in [-0.4, -0.2) is 257 Å². The summed E-state index contributed by atoms with van der Waals surface area (Å²) in [5.74, 6) is -7.39. The lowest BCUT2D eigenvalue weighted by atomic mass is 9.88. The summed E-state index contributed by atoms with van der Waals surface area (Å²) in [6, 6.07) is 3.71. The van der Waals surface area contributed by atoms with Crippen molar-refractivity contribution < 1.29 is 129 Å². The van der Waals surface area contributed by atoms with Crippen LogP contribution < -0.4 is 16.5 Å². The Hall–Kier alpha value is -3.29. The number of aliphatic carboxylic acids is 2. The highest BCUT2D eigenvalue weighted by Crippen LogP contribution is 2.38. The van der Waals surface area contributed by atoms with Crippen LogP contribution in [0.25, 0.3) is 0 Å². The molecule has 4 heterocycles. The van der Waals surface area contributed by atoms with E-state index in [1.807, 2.05) is 0 Å². The van der Waals surface area contributed by atoms with Crippen LogP contribution in [0.5, 0.6) is 0 Å². The lowest BCUT2D eigenvalue weighted by molar-refractivity contribution is -0.388. The van der Waals surface area contributed by atoms with E-state index in [9.17, 15) is 85.9 Å². The van der Waals surface area contributed by atoms with Crippen LogP contribution >= 0.6 is 0 Å². The van der Waals surface area contributed by atoms with Crippen molar-refractivity contribution in [3.05, 3.63) is 35.9 Å². The summed E-state index contributed by atoms with van der Waals surface area (Å²) in [4.78, 5) is 42.8. The van der Waals surface area contributed by atoms with Gasteiger partial charge in [-0.2, -0.15) is 5.48 Å². The fraction of sp³-hybridized carbons (Fsp3) is 0.769. The predicted molar refractivity (Wildman–Crippen MR) is 214 cm³/mol. The predicted octanol–water partition coefficient (Wildman–Crippen LogP) is -9.23. The second-order valence-corrected chi connectivity index (χ2v) is 16.5. The zero-order valence-electron chi connectivity index (χ0n) is 36.2. The van der Waals surface area contributed by atoms with Crippen molar-refractivity contribution in [2.75, 3.05) is 33.0 Å². The number of rotatable bonds is 22. The van der Waals surface area contributed by atoms with E-state index in [2.05, 4.69) is 10.8 Å². The van der Waals surface area contributed by atoms with Gasteiger partial charge in [-0.05, 0) is 5.56 Å². The smallest absolute Gasteiger partial charge is 0.364 e. The first-order valence-corrected chi connectivity index (χ1v) is 21.2. The first-order valence-electron chi connectivity index (χ1n) is 21.2. The number of benzene rings is 1. The Balaban J connectivity index is 1.37. The van der Waals surface area contributed by atoms with Crippen LogP contribution in [0.15, 0.2) is 30.3 Å². The standard InChI is InChI=1S/C39H61N3O26/c1-14(47)41-23-27(53)30(65-36-29(55)32(26(52)20(10-45)62-36)68-39(38(58)59)7-17(48)22(40)31(67-39)24(50)18(49)8-43)21(11-46)64-35(23)66-33-28(54)25(51)19(9-44)63-37(33)60-13-16(34(56)57)42-61-12-15-5-3-2-4-6-15/h2-6,16-33,35-37,42-46,48-55H,7-13,40H2,1H3,(H,41,47)(H,56,57)(H,58,59)/t16-,17-,18+,19+,20+,21+,22+,23+,24+,25+,26-,27+,28-,29+,30+,31+,32-,33-,35-,36-,37-,39-/m0/s1. The van der Waals surface area contributed by atoms with Gasteiger partial charge in [0.05, 0.1) is 51.8 Å². The molecule has 388 valence electrons. The SMILES string of the molecule is CC(=O)N[C@H]1[C@H](O[C@@H]2[C@@H](OC[C@H](NOCc3ccccc3)C(=O)O)O[C@H](CO)[C@@H](O)[C@@H]2O)O[C@H](CO)[C@@H](O[C@@H]2O[C@H](CO)[C@H](O)[C@H](O[C@]3(C(=O)O)C[C@H](O)[C@@H](N)[C@H]([C@H](O)[C@H](O)CO)O3)[C@H]2O)[C@@H]1O. The Bertz CT molecular complexity index is 1760. The van der Waals surface area contributed by atoms with Gasteiger partial charge in [-0.3, -0.25) is 14.4 Å². The van der Waals surface area contributed by atoms with E-state index in [-0.39, 0.29) is 6.61 Å². The van der Waals surface area contributed by atoms with E-state index < -0.39 is 192 Å². The van der Waals surface area contributed by atoms with Gasteiger partial charge in [-0.15, -0.1) is 0 Å². The molecule has 4 fully saturated rings. The van der Waals surface area contributed by atoms with Gasteiger partial charge in [-0.25, -0.2) is 4.79 Å². The Morgan fingerprint density at radius 2 is 1.38 bits per heavy atom. The quantitative estimate of drug-likeness (QED) is 0.0480. The van der Waals surface area contributed by atoms with Gasteiger partial charge in [-0.1, -0.05) is 30.3 Å². The Labute approximate surface area is 385 Å². The summed E-state index contributed by atoms with van der Waals surface area (Å²) in [6.45, 7) is -3.87. The van der Waals surface area contributed by atoms with Gasteiger partial charge in [0.25, 0.3) is 5.79 Å². The zero-order chi connectivity index (χ0) is 50.2. The highest BCUT2D eigenvalue weighted by molar-refractivity contribution is 5.76. The first kappa shape index (κ1) is 55.6. The Kier molecular flexibility index (Phi) is 20.2. The van der Waals surface area contributed by atoms with Gasteiger partial charge in [0.15, 0.2) is 24.9 Å². The normalized spacial score (nSPS) is 40.2. The number of carbonyl (C=O) groups excluding carboxylic acids is 1. The zero-order valence-corrected chi connectivity index (χ0v) is 36.2. The minimum atomic E-state index is -3.08. The van der Waals surface area contributed by atoms with Gasteiger partial charge in [0.2, 0.25) is 5.91 Å². The van der Waals surface area contributed by atoms with Gasteiger partial charge in [0, 0.05) is 13.3 Å². The molecule has 0 unspecified atom stereocenters. The molecule has 68 heavy (non-hydrogen) atoms. The number of aliphatic hydroxyl groups excluding tert-OH is 12. The molecule has 1 aromatic carbocycles. The molecule has 1 aromatic rings. The monoisotopic (exact) mass is 987 g/mol. The molecule has 5 rings (SSSR count). The van der Waals surface area contributed by atoms with Crippen LogP contribution in [0.1, 0.15) is 18.9 Å². The highest BCUT2D eigenvalue weighted by atomic mass is 16.8. The maximum absolute atomic E-state index is 12.8. The molecule has 29 nitrogen and oxygen atoms in total. The highest BCUT2D eigenvalue weighted by Gasteiger charge is 2.60. The maximum atomic E-state index is 12.8. The number of aliphatic hydroxyl groups is 12. The second-order valence-electron chi connectivity index (χ2n) is 16.5. The summed E-state index contributed by atoms with van der Waals surface area (Å²) in [6.07, 6.45) is -36.3. The molecule has 22 atom stereocenters. The van der Waals surface area contributed by atoms with Crippen molar-refractivity contribution in [2.45, 2.75) is 154 Å². The summed E-state index contributed by atoms with van der Waals surface area (Å²) in [7, 11) is 0. The molecule has 4 saturated heterocycles. The molecule has 0 saturated carbocycles. The summed E-state index contributed by atoms with van der Waals surface area (Å²) in [5, 5.41) is 150. The minimum absolute atomic E-state index is 0.0626. The van der Waals surface area contributed by atoms with Crippen LogP contribution in [0.3, 0.4) is 0 Å². The van der Waals surface area contributed by atoms with E-state index >= 15 is 0 Å². The molecule has 0 aliphatic carbocycles. The molecule has 4 aliphatic heterocycles. The number of nitrogens with one attached hydrogen (secondary N) is 2. The van der Waals surface area contributed by atoms with E-state index in [0.29, 0.717) is 5.56 Å². The van der Waals surface area contributed by atoms with E-state index in [1.165, 1.54) is 0 Å². The topological polar surface area (TPSA) is 468 Å². The van der Waals surface area contributed by atoms with Crippen molar-refractivity contribution in [3.8, 4) is 0 Å². The number of hydrogen-bond donors (Lipinski definition) is 17. The number of carbonyl (C=O) groups is 3. The molecular weight excluding hydrogens is 926 g/mol. The van der Waals surface area contributed by atoms with E-state index in [0.717, 1.165) is 6.92 Å². The molecule has 0 spiro atoms. The Morgan fingerprint density at radius 1 is 0.779 bits per heavy atom. The van der Waals surface area contributed by atoms with Gasteiger partial charge < -0.3 is 120 Å². The average Bonchev–Trinajstić information content (AvgIpc) is 3.31. The van der Waals surface area contributed by atoms with Gasteiger partial charge >= 0.3 is 11.9 Å². The maximum Gasteiger partial charge on any atom is 0.364 e. The van der Waals surface area contributed by atoms with Crippen LogP contribution in [-0.2, 0) is 63.7 Å². The average molecular weight is 988 g/mol. The number of ether oxygens (including phenoxy) is 8. The molecule has 0 aromatic heterocycles. The number of carboxylic acid groups (broad SMARTS) is 2. The van der Waals surface area contributed by atoms with Crippen molar-refractivity contribution in [1.82, 2.24) is 10.8 Å². The largest absolute Gasteiger partial charge is 0.480 e. The van der Waals surface area contributed by atoms with Gasteiger partial charge in [0.1, 0.15) is 91.5 Å². The number of hydroxylamine groups is 1. The number of nitrogens with two attached hydrogens (primary N) is 1. The number of carboxylic acids is 2. The third kappa shape index (κ3) is 12.8. The molecular formula is C39H61N3O26. The van der Waals surface area contributed by atoms with Crippen molar-refractivity contribution >= 4 is 17.8 Å². The number of hydrogen-bond acceptors (Lipinski definition) is 26. The summed E-state index contributed by atoms with van der Waals surface area (Å²) < 4.78 is 45.7. The molecule has 1 amide bonds. The fourth-order valence-electron chi connectivity index (χ4n) is 7.92. The molecule has 0 bridgehead atoms. The molecule has 29 heteroatoms.